The van der Waals surface area contributed by atoms with Gasteiger partial charge in [-0.05, 0) is 26.2 Å². The molecule has 2 unspecified atom stereocenters. The van der Waals surface area contributed by atoms with E-state index in [1.807, 2.05) is 6.92 Å². The first kappa shape index (κ1) is 13.9. The van der Waals surface area contributed by atoms with Crippen molar-refractivity contribution in [2.24, 2.45) is 0 Å². The third kappa shape index (κ3) is 3.26. The summed E-state index contributed by atoms with van der Waals surface area (Å²) in [5.74, 6) is -4.54. The van der Waals surface area contributed by atoms with Crippen molar-refractivity contribution in [1.82, 2.24) is 5.32 Å². The Kier molecular flexibility index (Phi) is 4.09. The molecule has 1 aliphatic heterocycles. The smallest absolute Gasteiger partial charge is 0.241 e. The Bertz CT molecular complexity index is 470. The van der Waals surface area contributed by atoms with Crippen LogP contribution in [0.15, 0.2) is 12.1 Å². The van der Waals surface area contributed by atoms with Crippen LogP contribution in [0.25, 0.3) is 0 Å². The fourth-order valence-electron chi connectivity index (χ4n) is 2.20. The van der Waals surface area contributed by atoms with Crippen LogP contribution in [0.3, 0.4) is 0 Å². The summed E-state index contributed by atoms with van der Waals surface area (Å²) in [5.41, 5.74) is -0.0820. The highest BCUT2D eigenvalue weighted by Crippen LogP contribution is 2.19. The van der Waals surface area contributed by atoms with Gasteiger partial charge in [-0.1, -0.05) is 0 Å². The summed E-state index contributed by atoms with van der Waals surface area (Å²) in [4.78, 5) is 11.9. The predicted molar refractivity (Wildman–Crippen MR) is 65.2 cm³/mol. The van der Waals surface area contributed by atoms with E-state index in [2.05, 4.69) is 10.6 Å². The Morgan fingerprint density at radius 1 is 1.26 bits per heavy atom. The van der Waals surface area contributed by atoms with Crippen LogP contribution >= 0.6 is 0 Å². The molecule has 19 heavy (non-hydrogen) atoms. The van der Waals surface area contributed by atoms with Crippen LogP contribution < -0.4 is 10.6 Å². The number of amides is 1. The Hall–Kier alpha value is -1.56. The van der Waals surface area contributed by atoms with Crippen LogP contribution in [0, 0.1) is 17.5 Å². The maximum Gasteiger partial charge on any atom is 0.241 e. The number of rotatable bonds is 2. The van der Waals surface area contributed by atoms with Gasteiger partial charge in [0.05, 0.1) is 6.04 Å². The number of halogens is 3. The van der Waals surface area contributed by atoms with Gasteiger partial charge in [0.2, 0.25) is 5.91 Å². The van der Waals surface area contributed by atoms with E-state index in [0.717, 1.165) is 25.0 Å². The van der Waals surface area contributed by atoms with Crippen LogP contribution in [-0.2, 0) is 4.79 Å². The molecule has 2 N–H and O–H groups in total. The van der Waals surface area contributed by atoms with Crippen molar-refractivity contribution in [2.75, 3.05) is 5.32 Å². The third-order valence-corrected chi connectivity index (χ3v) is 3.18. The van der Waals surface area contributed by atoms with E-state index in [-0.39, 0.29) is 23.7 Å². The van der Waals surface area contributed by atoms with Crippen molar-refractivity contribution in [3.05, 3.63) is 29.6 Å². The molecule has 1 aromatic carbocycles. The lowest BCUT2D eigenvalue weighted by molar-refractivity contribution is -0.118. The van der Waals surface area contributed by atoms with Gasteiger partial charge in [0.25, 0.3) is 0 Å². The quantitative estimate of drug-likeness (QED) is 0.812. The molecule has 0 aliphatic carbocycles. The number of piperidine rings is 1. The summed E-state index contributed by atoms with van der Waals surface area (Å²) in [6.07, 6.45) is 2.57. The standard InChI is InChI=1S/C13H15F3N2O/c1-7-3-2-4-11(17-7)13(19)18-8-5-9(14)12(16)10(15)6-8/h5-7,11,17H,2-4H2,1H3,(H,18,19). The topological polar surface area (TPSA) is 41.1 Å². The minimum Gasteiger partial charge on any atom is -0.325 e. The molecule has 1 aromatic rings. The highest BCUT2D eigenvalue weighted by atomic mass is 19.2. The number of benzene rings is 1. The van der Waals surface area contributed by atoms with Gasteiger partial charge in [-0.3, -0.25) is 4.79 Å². The van der Waals surface area contributed by atoms with Crippen molar-refractivity contribution < 1.29 is 18.0 Å². The second-order valence-electron chi connectivity index (χ2n) is 4.79. The molecule has 0 bridgehead atoms. The van der Waals surface area contributed by atoms with Crippen molar-refractivity contribution in [2.45, 2.75) is 38.3 Å². The zero-order valence-corrected chi connectivity index (χ0v) is 10.5. The molecule has 2 rings (SSSR count). The van der Waals surface area contributed by atoms with Gasteiger partial charge in [0.1, 0.15) is 0 Å². The highest BCUT2D eigenvalue weighted by molar-refractivity contribution is 5.94. The molecule has 0 aromatic heterocycles. The Balaban J connectivity index is 2.06. The number of carbonyl (C=O) groups excluding carboxylic acids is 1. The average Bonchev–Trinajstić information content (AvgIpc) is 2.36. The third-order valence-electron chi connectivity index (χ3n) is 3.18. The summed E-state index contributed by atoms with van der Waals surface area (Å²) in [6, 6.07) is 1.37. The summed E-state index contributed by atoms with van der Waals surface area (Å²) >= 11 is 0. The molecular weight excluding hydrogens is 257 g/mol. The molecule has 6 heteroatoms. The van der Waals surface area contributed by atoms with E-state index >= 15 is 0 Å². The SMILES string of the molecule is CC1CCCC(C(=O)Nc2cc(F)c(F)c(F)c2)N1. The van der Waals surface area contributed by atoms with E-state index < -0.39 is 17.5 Å². The molecule has 104 valence electrons. The summed E-state index contributed by atoms with van der Waals surface area (Å²) in [5, 5.41) is 5.50. The van der Waals surface area contributed by atoms with Gasteiger partial charge >= 0.3 is 0 Å². The lowest BCUT2D eigenvalue weighted by Crippen LogP contribution is -2.47. The Morgan fingerprint density at radius 2 is 1.89 bits per heavy atom. The number of hydrogen-bond acceptors (Lipinski definition) is 2. The van der Waals surface area contributed by atoms with E-state index in [9.17, 15) is 18.0 Å². The first-order valence-corrected chi connectivity index (χ1v) is 6.19. The van der Waals surface area contributed by atoms with Gasteiger partial charge in [0, 0.05) is 23.9 Å². The molecule has 2 atom stereocenters. The maximum atomic E-state index is 13.0. The average molecular weight is 272 g/mol. The first-order chi connectivity index (χ1) is 8.97. The fourth-order valence-corrected chi connectivity index (χ4v) is 2.20. The molecular formula is C13H15F3N2O. The van der Waals surface area contributed by atoms with Gasteiger partial charge in [-0.15, -0.1) is 0 Å². The molecule has 0 radical (unpaired) electrons. The zero-order valence-electron chi connectivity index (χ0n) is 10.5. The van der Waals surface area contributed by atoms with Gasteiger partial charge in [-0.2, -0.15) is 0 Å². The number of nitrogens with one attached hydrogen (secondary N) is 2. The molecule has 3 nitrogen and oxygen atoms in total. The molecule has 1 aliphatic rings. The molecule has 1 saturated heterocycles. The molecule has 1 amide bonds. The monoisotopic (exact) mass is 272 g/mol. The Morgan fingerprint density at radius 3 is 2.47 bits per heavy atom. The van der Waals surface area contributed by atoms with Crippen LogP contribution in [0.5, 0.6) is 0 Å². The van der Waals surface area contributed by atoms with Crippen molar-refractivity contribution in [1.29, 1.82) is 0 Å². The molecule has 1 heterocycles. The normalized spacial score (nSPS) is 23.2. The second-order valence-corrected chi connectivity index (χ2v) is 4.79. The lowest BCUT2D eigenvalue weighted by Gasteiger charge is -2.27. The van der Waals surface area contributed by atoms with Crippen LogP contribution in [0.1, 0.15) is 26.2 Å². The van der Waals surface area contributed by atoms with Crippen LogP contribution in [0.2, 0.25) is 0 Å². The van der Waals surface area contributed by atoms with E-state index in [1.54, 1.807) is 0 Å². The van der Waals surface area contributed by atoms with Crippen molar-refractivity contribution >= 4 is 11.6 Å². The van der Waals surface area contributed by atoms with Crippen molar-refractivity contribution in [3.63, 3.8) is 0 Å². The van der Waals surface area contributed by atoms with E-state index in [0.29, 0.717) is 6.42 Å². The summed E-state index contributed by atoms with van der Waals surface area (Å²) < 4.78 is 38.8. The molecule has 1 fully saturated rings. The number of hydrogen-bond donors (Lipinski definition) is 2. The number of anilines is 1. The second kappa shape index (κ2) is 5.61. The lowest BCUT2D eigenvalue weighted by atomic mass is 9.99. The predicted octanol–water partition coefficient (Wildman–Crippen LogP) is 2.57. The van der Waals surface area contributed by atoms with Crippen LogP contribution in [0.4, 0.5) is 18.9 Å². The minimum atomic E-state index is -1.54. The summed E-state index contributed by atoms with van der Waals surface area (Å²) in [6.45, 7) is 1.97. The van der Waals surface area contributed by atoms with Crippen LogP contribution in [-0.4, -0.2) is 18.0 Å². The maximum absolute atomic E-state index is 13.0. The van der Waals surface area contributed by atoms with Gasteiger partial charge in [-0.25, -0.2) is 13.2 Å². The fraction of sp³-hybridized carbons (Fsp3) is 0.462. The van der Waals surface area contributed by atoms with Crippen molar-refractivity contribution in [3.8, 4) is 0 Å². The van der Waals surface area contributed by atoms with E-state index in [1.165, 1.54) is 0 Å². The summed E-state index contributed by atoms with van der Waals surface area (Å²) in [7, 11) is 0. The molecule has 0 saturated carbocycles. The zero-order chi connectivity index (χ0) is 14.0. The van der Waals surface area contributed by atoms with E-state index in [4.69, 9.17) is 0 Å². The number of carbonyl (C=O) groups is 1. The minimum absolute atomic E-state index is 0.0820. The Labute approximate surface area is 109 Å². The largest absolute Gasteiger partial charge is 0.325 e. The van der Waals surface area contributed by atoms with Gasteiger partial charge in [0.15, 0.2) is 17.5 Å². The highest BCUT2D eigenvalue weighted by Gasteiger charge is 2.24. The van der Waals surface area contributed by atoms with Gasteiger partial charge < -0.3 is 10.6 Å². The first-order valence-electron chi connectivity index (χ1n) is 6.19. The molecule has 0 spiro atoms.